The van der Waals surface area contributed by atoms with Crippen molar-refractivity contribution in [3.05, 3.63) is 30.0 Å². The number of hydrogen-bond acceptors (Lipinski definition) is 4. The fourth-order valence-electron chi connectivity index (χ4n) is 3.13. The fraction of sp³-hybridized carbons (Fsp3) is 0.550. The van der Waals surface area contributed by atoms with Gasteiger partial charge in [-0.25, -0.2) is 0 Å². The lowest BCUT2D eigenvalue weighted by molar-refractivity contribution is -0.117. The van der Waals surface area contributed by atoms with Gasteiger partial charge in [-0.2, -0.15) is 0 Å². The maximum absolute atomic E-state index is 12.3. The van der Waals surface area contributed by atoms with Crippen molar-refractivity contribution in [3.8, 4) is 11.5 Å². The summed E-state index contributed by atoms with van der Waals surface area (Å²) in [4.78, 5) is 12.3. The summed E-state index contributed by atoms with van der Waals surface area (Å²) >= 11 is 0. The molecule has 0 unspecified atom stereocenters. The van der Waals surface area contributed by atoms with Gasteiger partial charge in [-0.15, -0.1) is 0 Å². The smallest absolute Gasteiger partial charge is 0.160 e. The third-order valence-electron chi connectivity index (χ3n) is 5.37. The Bertz CT molecular complexity index is 619. The summed E-state index contributed by atoms with van der Waals surface area (Å²) < 4.78 is 10.6. The molecule has 1 saturated carbocycles. The van der Waals surface area contributed by atoms with Crippen LogP contribution in [0.5, 0.6) is 11.5 Å². The van der Waals surface area contributed by atoms with Gasteiger partial charge >= 0.3 is 0 Å². The molecule has 24 heavy (non-hydrogen) atoms. The summed E-state index contributed by atoms with van der Waals surface area (Å²) in [5.74, 6) is 2.26. The number of anilines is 1. The van der Waals surface area contributed by atoms with Gasteiger partial charge in [-0.05, 0) is 36.3 Å². The van der Waals surface area contributed by atoms with Crippen molar-refractivity contribution in [3.63, 3.8) is 0 Å². The number of Topliss-reactive ketones (excluding diaryl/α,β-unsaturated/α-hetero) is 1. The zero-order chi connectivity index (χ0) is 17.7. The second-order valence-electron chi connectivity index (χ2n) is 7.09. The quantitative estimate of drug-likeness (QED) is 0.760. The van der Waals surface area contributed by atoms with Gasteiger partial charge in [-0.3, -0.25) is 4.79 Å². The Morgan fingerprint density at radius 2 is 2.04 bits per heavy atom. The molecular weight excluding hydrogens is 302 g/mol. The molecule has 1 aliphatic carbocycles. The number of carbonyl (C=O) groups excluding carboxylic acids is 1. The van der Waals surface area contributed by atoms with Crippen molar-refractivity contribution in [2.45, 2.75) is 46.5 Å². The fourth-order valence-corrected chi connectivity index (χ4v) is 3.13. The summed E-state index contributed by atoms with van der Waals surface area (Å²) in [6.07, 6.45) is 5.42. The van der Waals surface area contributed by atoms with E-state index in [0.29, 0.717) is 12.3 Å². The predicted octanol–water partition coefficient (Wildman–Crippen LogP) is 4.81. The number of ether oxygens (including phenoxy) is 2. The van der Waals surface area contributed by atoms with E-state index in [-0.39, 0.29) is 11.2 Å². The van der Waals surface area contributed by atoms with E-state index in [9.17, 15) is 4.79 Å². The van der Waals surface area contributed by atoms with Gasteiger partial charge in [0.15, 0.2) is 5.78 Å². The number of nitrogens with one attached hydrogen (secondary N) is 1. The Morgan fingerprint density at radius 1 is 1.29 bits per heavy atom. The van der Waals surface area contributed by atoms with Crippen molar-refractivity contribution in [1.29, 1.82) is 0 Å². The largest absolute Gasteiger partial charge is 0.497 e. The van der Waals surface area contributed by atoms with Crippen molar-refractivity contribution < 1.29 is 14.3 Å². The molecule has 0 heterocycles. The van der Waals surface area contributed by atoms with Crippen LogP contribution in [0.2, 0.25) is 0 Å². The van der Waals surface area contributed by atoms with E-state index in [1.807, 2.05) is 24.4 Å². The predicted molar refractivity (Wildman–Crippen MR) is 97.7 cm³/mol. The molecule has 0 amide bonds. The highest BCUT2D eigenvalue weighted by atomic mass is 16.5. The first-order chi connectivity index (χ1) is 11.4. The lowest BCUT2D eigenvalue weighted by Gasteiger charge is -2.36. The number of ketones is 1. The molecule has 0 radical (unpaired) electrons. The molecule has 1 aromatic rings. The molecule has 1 atom stereocenters. The molecule has 1 aliphatic rings. The minimum absolute atomic E-state index is 0.243. The molecule has 0 bridgehead atoms. The van der Waals surface area contributed by atoms with Crippen LogP contribution in [-0.4, -0.2) is 20.0 Å². The molecule has 0 aromatic heterocycles. The summed E-state index contributed by atoms with van der Waals surface area (Å²) in [6, 6.07) is 5.57. The first-order valence-corrected chi connectivity index (χ1v) is 8.62. The van der Waals surface area contributed by atoms with Crippen LogP contribution in [0.15, 0.2) is 30.0 Å². The molecule has 4 nitrogen and oxygen atoms in total. The van der Waals surface area contributed by atoms with E-state index >= 15 is 0 Å². The number of hydrogen-bond donors (Lipinski definition) is 1. The SMILES string of the molecule is CCC(C)(C)[C@@H]1CCC(=O)/C(=C/Nc2cc(OC)ccc2OC)C1. The van der Waals surface area contributed by atoms with Gasteiger partial charge in [0.1, 0.15) is 11.5 Å². The molecule has 2 rings (SSSR count). The van der Waals surface area contributed by atoms with E-state index < -0.39 is 0 Å². The van der Waals surface area contributed by atoms with Crippen LogP contribution in [0.4, 0.5) is 5.69 Å². The van der Waals surface area contributed by atoms with E-state index in [0.717, 1.165) is 42.0 Å². The minimum Gasteiger partial charge on any atom is -0.497 e. The summed E-state index contributed by atoms with van der Waals surface area (Å²) in [5.41, 5.74) is 1.93. The topological polar surface area (TPSA) is 47.6 Å². The van der Waals surface area contributed by atoms with Gasteiger partial charge in [0.25, 0.3) is 0 Å². The Balaban J connectivity index is 2.19. The van der Waals surface area contributed by atoms with Crippen LogP contribution in [0.3, 0.4) is 0 Å². The van der Waals surface area contributed by atoms with Crippen LogP contribution in [-0.2, 0) is 4.79 Å². The molecule has 4 heteroatoms. The van der Waals surface area contributed by atoms with Gasteiger partial charge in [-0.1, -0.05) is 27.2 Å². The molecule has 132 valence electrons. The molecule has 0 aliphatic heterocycles. The van der Waals surface area contributed by atoms with Gasteiger partial charge in [0.05, 0.1) is 19.9 Å². The zero-order valence-corrected chi connectivity index (χ0v) is 15.4. The molecule has 0 saturated heterocycles. The van der Waals surface area contributed by atoms with Crippen LogP contribution < -0.4 is 14.8 Å². The minimum atomic E-state index is 0.243. The first-order valence-electron chi connectivity index (χ1n) is 8.62. The van der Waals surface area contributed by atoms with Crippen molar-refractivity contribution in [2.24, 2.45) is 11.3 Å². The Labute approximate surface area is 145 Å². The highest BCUT2D eigenvalue weighted by molar-refractivity contribution is 5.96. The van der Waals surface area contributed by atoms with E-state index in [1.165, 1.54) is 0 Å². The summed E-state index contributed by atoms with van der Waals surface area (Å²) in [5, 5.41) is 3.24. The second-order valence-corrected chi connectivity index (χ2v) is 7.09. The maximum atomic E-state index is 12.3. The third kappa shape index (κ3) is 4.11. The van der Waals surface area contributed by atoms with Crippen molar-refractivity contribution in [2.75, 3.05) is 19.5 Å². The monoisotopic (exact) mass is 331 g/mol. The summed E-state index contributed by atoms with van der Waals surface area (Å²) in [6.45, 7) is 6.81. The highest BCUT2D eigenvalue weighted by Gasteiger charge is 2.33. The number of rotatable bonds is 6. The number of benzene rings is 1. The lowest BCUT2D eigenvalue weighted by atomic mass is 9.68. The standard InChI is InChI=1S/C20H29NO3/c1-6-20(2,3)15-7-9-18(22)14(11-15)13-21-17-12-16(23-4)8-10-19(17)24-5/h8,10,12-13,15,21H,6-7,9,11H2,1-5H3/b14-13+/t15-/m1/s1. The molecular formula is C20H29NO3. The number of carbonyl (C=O) groups is 1. The number of allylic oxidation sites excluding steroid dienone is 1. The molecule has 1 fully saturated rings. The van der Waals surface area contributed by atoms with E-state index in [4.69, 9.17) is 9.47 Å². The number of methoxy groups -OCH3 is 2. The third-order valence-corrected chi connectivity index (χ3v) is 5.37. The summed E-state index contributed by atoms with van der Waals surface area (Å²) in [7, 11) is 3.26. The van der Waals surface area contributed by atoms with Crippen LogP contribution in [0, 0.1) is 11.3 Å². The van der Waals surface area contributed by atoms with Crippen LogP contribution in [0.25, 0.3) is 0 Å². The van der Waals surface area contributed by atoms with Gasteiger partial charge < -0.3 is 14.8 Å². The van der Waals surface area contributed by atoms with Crippen LogP contribution in [0.1, 0.15) is 46.5 Å². The molecule has 1 N–H and O–H groups in total. The Kier molecular flexibility index (Phi) is 5.92. The Hall–Kier alpha value is -1.97. The zero-order valence-electron chi connectivity index (χ0n) is 15.4. The molecule has 1 aromatic carbocycles. The average Bonchev–Trinajstić information content (AvgIpc) is 2.60. The van der Waals surface area contributed by atoms with E-state index in [2.05, 4.69) is 26.1 Å². The Morgan fingerprint density at radius 3 is 2.67 bits per heavy atom. The normalized spacial score (nSPS) is 20.1. The van der Waals surface area contributed by atoms with Crippen molar-refractivity contribution in [1.82, 2.24) is 0 Å². The van der Waals surface area contributed by atoms with Gasteiger partial charge in [0, 0.05) is 24.3 Å². The average molecular weight is 331 g/mol. The molecule has 0 spiro atoms. The van der Waals surface area contributed by atoms with Gasteiger partial charge in [0.2, 0.25) is 0 Å². The first kappa shape index (κ1) is 18.4. The second kappa shape index (κ2) is 7.73. The maximum Gasteiger partial charge on any atom is 0.160 e. The van der Waals surface area contributed by atoms with Crippen LogP contribution >= 0.6 is 0 Å². The lowest BCUT2D eigenvalue weighted by Crippen LogP contribution is -2.29. The van der Waals surface area contributed by atoms with E-state index in [1.54, 1.807) is 14.2 Å². The highest BCUT2D eigenvalue weighted by Crippen LogP contribution is 2.41. The van der Waals surface area contributed by atoms with Crippen molar-refractivity contribution >= 4 is 11.5 Å².